The summed E-state index contributed by atoms with van der Waals surface area (Å²) in [4.78, 5) is 66.7. The van der Waals surface area contributed by atoms with Gasteiger partial charge >= 0.3 is 23.9 Å². The van der Waals surface area contributed by atoms with Crippen molar-refractivity contribution in [3.05, 3.63) is 70.1 Å². The fourth-order valence-corrected chi connectivity index (χ4v) is 4.50. The van der Waals surface area contributed by atoms with Gasteiger partial charge in [0.15, 0.2) is 11.5 Å². The third-order valence-electron chi connectivity index (χ3n) is 6.86. The van der Waals surface area contributed by atoms with E-state index in [1.54, 1.807) is 9.36 Å². The van der Waals surface area contributed by atoms with Gasteiger partial charge in [-0.2, -0.15) is 0 Å². The molecule has 246 valence electrons. The van der Waals surface area contributed by atoms with Crippen LogP contribution in [0.2, 0.25) is 0 Å². The lowest BCUT2D eigenvalue weighted by Gasteiger charge is -2.34. The second-order valence-corrected chi connectivity index (χ2v) is 9.95. The smallest absolute Gasteiger partial charge is 0.414 e. The Bertz CT molecular complexity index is 1590. The number of benzene rings is 2. The zero-order valence-electron chi connectivity index (χ0n) is 24.9. The monoisotopic (exact) mass is 643 g/mol. The van der Waals surface area contributed by atoms with Crippen LogP contribution in [0.5, 0.6) is 11.5 Å². The highest BCUT2D eigenvalue weighted by Crippen LogP contribution is 2.32. The number of piperazine rings is 1. The van der Waals surface area contributed by atoms with E-state index in [2.05, 4.69) is 21.2 Å². The summed E-state index contributed by atoms with van der Waals surface area (Å²) in [5, 5.41) is 32.4. The van der Waals surface area contributed by atoms with Crippen molar-refractivity contribution in [1.82, 2.24) is 19.2 Å². The molecule has 0 saturated carbocycles. The Kier molecular flexibility index (Phi) is 12.0. The maximum absolute atomic E-state index is 13.0. The molecule has 0 unspecified atom stereocenters. The summed E-state index contributed by atoms with van der Waals surface area (Å²) in [5.41, 5.74) is 2.77. The van der Waals surface area contributed by atoms with E-state index in [-0.39, 0.29) is 24.8 Å². The topological polar surface area (TPSA) is 230 Å². The van der Waals surface area contributed by atoms with E-state index in [1.807, 2.05) is 56.4 Å². The van der Waals surface area contributed by atoms with Crippen molar-refractivity contribution in [2.24, 2.45) is 7.05 Å². The van der Waals surface area contributed by atoms with Crippen molar-refractivity contribution in [2.45, 2.75) is 13.5 Å². The van der Waals surface area contributed by atoms with Crippen LogP contribution in [0, 0.1) is 6.92 Å². The van der Waals surface area contributed by atoms with Gasteiger partial charge in [0.25, 0.3) is 5.56 Å². The summed E-state index contributed by atoms with van der Waals surface area (Å²) >= 11 is 0. The molecule has 5 N–H and O–H groups in total. The Morgan fingerprint density at radius 3 is 1.89 bits per heavy atom. The van der Waals surface area contributed by atoms with Crippen LogP contribution < -0.4 is 20.3 Å². The highest BCUT2D eigenvalue weighted by Gasteiger charge is 2.23. The number of ether oxygens (including phenoxy) is 2. The number of aromatic nitrogens is 2. The van der Waals surface area contributed by atoms with Gasteiger partial charge in [-0.25, -0.2) is 23.9 Å². The van der Waals surface area contributed by atoms with Crippen molar-refractivity contribution in [1.29, 1.82) is 0 Å². The number of nitrogens with one attached hydrogen (secondary N) is 1. The predicted octanol–water partition coefficient (Wildman–Crippen LogP) is 0.281. The third-order valence-corrected chi connectivity index (χ3v) is 6.86. The van der Waals surface area contributed by atoms with Gasteiger partial charge in [-0.05, 0) is 36.8 Å². The molecule has 17 nitrogen and oxygen atoms in total. The molecule has 0 radical (unpaired) electrons. The SMILES string of the molecule is Cc1c(NC(=O)CN2CCN(Cc3ccc4c(c3)OCO4)CC2)c(=O)n(-c2ccccc2)n1C.O=C(O)C(=O)O.O=C(O)C(=O)O. The molecule has 1 saturated heterocycles. The summed E-state index contributed by atoms with van der Waals surface area (Å²) in [6, 6.07) is 15.5. The average Bonchev–Trinajstić information content (AvgIpc) is 3.57. The molecule has 1 fully saturated rings. The highest BCUT2D eigenvalue weighted by molar-refractivity contribution is 6.27. The van der Waals surface area contributed by atoms with Crippen LogP contribution in [0.1, 0.15) is 11.3 Å². The maximum Gasteiger partial charge on any atom is 0.414 e. The molecule has 0 spiro atoms. The van der Waals surface area contributed by atoms with Gasteiger partial charge < -0.3 is 35.2 Å². The number of hydrogen-bond donors (Lipinski definition) is 5. The number of anilines is 1. The first-order valence-corrected chi connectivity index (χ1v) is 13.7. The van der Waals surface area contributed by atoms with E-state index in [0.29, 0.717) is 5.69 Å². The van der Waals surface area contributed by atoms with Crippen LogP contribution in [0.15, 0.2) is 53.3 Å². The van der Waals surface area contributed by atoms with Gasteiger partial charge in [0, 0.05) is 39.8 Å². The van der Waals surface area contributed by atoms with Gasteiger partial charge in [0.2, 0.25) is 12.7 Å². The molecule has 5 rings (SSSR count). The van der Waals surface area contributed by atoms with E-state index < -0.39 is 23.9 Å². The lowest BCUT2D eigenvalue weighted by molar-refractivity contribution is -0.159. The number of fused-ring (bicyclic) bond motifs is 1. The average molecular weight is 644 g/mol. The van der Waals surface area contributed by atoms with Crippen molar-refractivity contribution in [3.8, 4) is 17.2 Å². The number of carbonyl (C=O) groups is 5. The minimum absolute atomic E-state index is 0.171. The number of nitrogens with zero attached hydrogens (tertiary/aromatic N) is 4. The minimum Gasteiger partial charge on any atom is -0.473 e. The van der Waals surface area contributed by atoms with E-state index in [9.17, 15) is 9.59 Å². The zero-order valence-corrected chi connectivity index (χ0v) is 24.9. The first-order valence-electron chi connectivity index (χ1n) is 13.7. The largest absolute Gasteiger partial charge is 0.473 e. The molecule has 2 aromatic carbocycles. The molecule has 2 aliphatic rings. The predicted molar refractivity (Wildman–Crippen MR) is 159 cm³/mol. The lowest BCUT2D eigenvalue weighted by Crippen LogP contribution is -2.48. The number of carboxylic acid groups (broad SMARTS) is 4. The lowest BCUT2D eigenvalue weighted by atomic mass is 10.1. The Hall–Kier alpha value is -5.68. The summed E-state index contributed by atoms with van der Waals surface area (Å²) in [5.74, 6) is -5.87. The molecule has 2 aliphatic heterocycles. The third kappa shape index (κ3) is 9.41. The van der Waals surface area contributed by atoms with E-state index in [0.717, 1.165) is 55.6 Å². The number of aliphatic carboxylic acids is 4. The first kappa shape index (κ1) is 34.8. The second-order valence-electron chi connectivity index (χ2n) is 9.95. The Morgan fingerprint density at radius 2 is 1.33 bits per heavy atom. The number of amides is 1. The number of para-hydroxylation sites is 1. The second kappa shape index (κ2) is 15.9. The summed E-state index contributed by atoms with van der Waals surface area (Å²) in [6.07, 6.45) is 0. The fourth-order valence-electron chi connectivity index (χ4n) is 4.50. The molecule has 1 amide bonds. The Labute approximate surface area is 261 Å². The molecular weight excluding hydrogens is 610 g/mol. The number of carbonyl (C=O) groups excluding carboxylic acids is 1. The molecule has 3 heterocycles. The molecule has 0 atom stereocenters. The molecule has 3 aromatic rings. The van der Waals surface area contributed by atoms with Crippen LogP contribution >= 0.6 is 0 Å². The normalized spacial score (nSPS) is 13.8. The van der Waals surface area contributed by atoms with Gasteiger partial charge in [-0.3, -0.25) is 24.1 Å². The molecule has 0 bridgehead atoms. The van der Waals surface area contributed by atoms with Crippen LogP contribution in [0.25, 0.3) is 5.69 Å². The number of carboxylic acids is 4. The highest BCUT2D eigenvalue weighted by atomic mass is 16.7. The van der Waals surface area contributed by atoms with E-state index >= 15 is 0 Å². The fraction of sp³-hybridized carbons (Fsp3) is 0.310. The summed E-state index contributed by atoms with van der Waals surface area (Å²) in [7, 11) is 1.82. The van der Waals surface area contributed by atoms with Crippen molar-refractivity contribution < 1.29 is 53.9 Å². The van der Waals surface area contributed by atoms with Crippen molar-refractivity contribution in [3.63, 3.8) is 0 Å². The van der Waals surface area contributed by atoms with E-state index in [4.69, 9.17) is 49.1 Å². The molecular formula is C29H33N5O12. The standard InChI is InChI=1S/C25H29N5O4.2C2H2O4/c1-18-24(25(32)30(27(18)2)20-6-4-3-5-7-20)26-23(31)16-29-12-10-28(11-13-29)15-19-8-9-21-22(14-19)34-17-33-21;2*3-1(4)2(5)6/h3-9,14H,10-13,15-17H2,1-2H3,(H,26,31);2*(H,3,4)(H,5,6). The molecule has 1 aromatic heterocycles. The van der Waals surface area contributed by atoms with Crippen LogP contribution in [0.3, 0.4) is 0 Å². The van der Waals surface area contributed by atoms with Crippen LogP contribution in [0.4, 0.5) is 5.69 Å². The minimum atomic E-state index is -1.82. The first-order chi connectivity index (χ1) is 21.8. The van der Waals surface area contributed by atoms with Crippen molar-refractivity contribution >= 4 is 35.5 Å². The Morgan fingerprint density at radius 1 is 0.783 bits per heavy atom. The quantitative estimate of drug-likeness (QED) is 0.227. The zero-order chi connectivity index (χ0) is 34.0. The summed E-state index contributed by atoms with van der Waals surface area (Å²) in [6.45, 7) is 6.53. The van der Waals surface area contributed by atoms with Crippen LogP contribution in [-0.4, -0.2) is 109 Å². The van der Waals surface area contributed by atoms with Crippen LogP contribution in [-0.2, 0) is 37.6 Å². The molecule has 0 aliphatic carbocycles. The number of hydrogen-bond acceptors (Lipinski definition) is 10. The van der Waals surface area contributed by atoms with Gasteiger partial charge in [-0.1, -0.05) is 24.3 Å². The maximum atomic E-state index is 13.0. The van der Waals surface area contributed by atoms with Gasteiger partial charge in [0.05, 0.1) is 17.9 Å². The summed E-state index contributed by atoms with van der Waals surface area (Å²) < 4.78 is 14.2. The van der Waals surface area contributed by atoms with Crippen molar-refractivity contribution in [2.75, 3.05) is 44.8 Å². The Balaban J connectivity index is 0.000000410. The van der Waals surface area contributed by atoms with Gasteiger partial charge in [0.1, 0.15) is 5.69 Å². The van der Waals surface area contributed by atoms with E-state index in [1.165, 1.54) is 5.56 Å². The van der Waals surface area contributed by atoms with Gasteiger partial charge in [-0.15, -0.1) is 0 Å². The molecule has 17 heteroatoms. The number of rotatable bonds is 6. The molecule has 46 heavy (non-hydrogen) atoms.